The first-order valence-electron chi connectivity index (χ1n) is 8.14. The van der Waals surface area contributed by atoms with E-state index < -0.39 is 23.3 Å². The van der Waals surface area contributed by atoms with Crippen LogP contribution in [0.25, 0.3) is 22.2 Å². The first-order chi connectivity index (χ1) is 13.7. The standard InChI is InChI=1S/C13H12FN5.C6H3F3S/c1-19-5-8(7-3-2-4-9(15)11(7)14)10-12(16)17-6-18-13(10)19;7-4-1-3(10)2-5(8)6(4)9/h2-6H,15H2,1H3,(H2,16,17,18);1-2,10H. The molecule has 2 aromatic carbocycles. The van der Waals surface area contributed by atoms with Crippen LogP contribution in [0.1, 0.15) is 0 Å². The first kappa shape index (κ1) is 20.5. The molecule has 0 aliphatic heterocycles. The summed E-state index contributed by atoms with van der Waals surface area (Å²) in [6, 6.07) is 6.49. The van der Waals surface area contributed by atoms with Crippen LogP contribution < -0.4 is 11.5 Å². The van der Waals surface area contributed by atoms with E-state index in [0.29, 0.717) is 28.0 Å². The number of aryl methyl sites for hydroxylation is 1. The van der Waals surface area contributed by atoms with E-state index in [9.17, 15) is 17.6 Å². The highest BCUT2D eigenvalue weighted by Crippen LogP contribution is 2.34. The van der Waals surface area contributed by atoms with Crippen molar-refractivity contribution in [2.24, 2.45) is 7.05 Å². The number of hydrogen-bond donors (Lipinski definition) is 3. The van der Waals surface area contributed by atoms with Crippen molar-refractivity contribution in [3.05, 3.63) is 66.1 Å². The van der Waals surface area contributed by atoms with Gasteiger partial charge in [-0.25, -0.2) is 27.5 Å². The number of thiol groups is 1. The molecule has 0 fully saturated rings. The molecule has 29 heavy (non-hydrogen) atoms. The molecule has 0 unspecified atom stereocenters. The quantitative estimate of drug-likeness (QED) is 0.185. The number of aromatic nitrogens is 3. The van der Waals surface area contributed by atoms with E-state index in [1.165, 1.54) is 12.4 Å². The van der Waals surface area contributed by atoms with E-state index in [2.05, 4.69) is 22.6 Å². The van der Waals surface area contributed by atoms with Crippen molar-refractivity contribution in [2.75, 3.05) is 11.5 Å². The lowest BCUT2D eigenvalue weighted by atomic mass is 10.0. The minimum Gasteiger partial charge on any atom is -0.396 e. The number of halogens is 4. The van der Waals surface area contributed by atoms with E-state index in [0.717, 1.165) is 12.1 Å². The lowest BCUT2D eigenvalue weighted by Crippen LogP contribution is -1.95. The van der Waals surface area contributed by atoms with Gasteiger partial charge >= 0.3 is 0 Å². The zero-order chi connectivity index (χ0) is 21.3. The highest BCUT2D eigenvalue weighted by Gasteiger charge is 2.17. The molecular weight excluding hydrogens is 406 g/mol. The van der Waals surface area contributed by atoms with Gasteiger partial charge in [0.1, 0.15) is 17.8 Å². The molecule has 0 bridgehead atoms. The third-order valence-corrected chi connectivity index (χ3v) is 4.33. The number of rotatable bonds is 1. The number of anilines is 2. The van der Waals surface area contributed by atoms with Gasteiger partial charge < -0.3 is 16.0 Å². The van der Waals surface area contributed by atoms with Crippen LogP contribution >= 0.6 is 12.6 Å². The Morgan fingerprint density at radius 1 is 0.931 bits per heavy atom. The summed E-state index contributed by atoms with van der Waals surface area (Å²) in [6.45, 7) is 0. The zero-order valence-electron chi connectivity index (χ0n) is 15.0. The molecule has 2 aromatic heterocycles. The maximum atomic E-state index is 14.1. The number of nitrogens with zero attached hydrogens (tertiary/aromatic N) is 3. The fraction of sp³-hybridized carbons (Fsp3) is 0.0526. The summed E-state index contributed by atoms with van der Waals surface area (Å²) in [5, 5.41) is 0.634. The second-order valence-corrected chi connectivity index (χ2v) is 6.56. The molecule has 0 aliphatic carbocycles. The number of hydrogen-bond acceptors (Lipinski definition) is 5. The highest BCUT2D eigenvalue weighted by atomic mass is 32.1. The van der Waals surface area contributed by atoms with Crippen molar-refractivity contribution < 1.29 is 17.6 Å². The van der Waals surface area contributed by atoms with Crippen LogP contribution in [0, 0.1) is 23.3 Å². The Hall–Kier alpha value is -3.27. The largest absolute Gasteiger partial charge is 0.396 e. The molecule has 4 aromatic rings. The highest BCUT2D eigenvalue weighted by molar-refractivity contribution is 7.80. The predicted molar refractivity (Wildman–Crippen MR) is 106 cm³/mol. The summed E-state index contributed by atoms with van der Waals surface area (Å²) < 4.78 is 52.4. The molecule has 0 saturated carbocycles. The summed E-state index contributed by atoms with van der Waals surface area (Å²) in [6.07, 6.45) is 3.16. The summed E-state index contributed by atoms with van der Waals surface area (Å²) in [4.78, 5) is 8.18. The second kappa shape index (κ2) is 8.00. The van der Waals surface area contributed by atoms with Gasteiger partial charge in [-0.15, -0.1) is 12.6 Å². The van der Waals surface area contributed by atoms with Gasteiger partial charge in [-0.3, -0.25) is 0 Å². The Balaban J connectivity index is 0.000000204. The third-order valence-electron chi connectivity index (χ3n) is 4.07. The van der Waals surface area contributed by atoms with Gasteiger partial charge in [0, 0.05) is 29.3 Å². The van der Waals surface area contributed by atoms with Gasteiger partial charge in [-0.05, 0) is 18.2 Å². The molecule has 2 heterocycles. The molecule has 0 radical (unpaired) electrons. The number of benzene rings is 2. The van der Waals surface area contributed by atoms with Gasteiger partial charge in [0.2, 0.25) is 0 Å². The lowest BCUT2D eigenvalue weighted by molar-refractivity contribution is 0.443. The molecular formula is C19H15F4N5S. The maximum absolute atomic E-state index is 14.1. The van der Waals surface area contributed by atoms with Crippen LogP contribution in [0.3, 0.4) is 0 Å². The Morgan fingerprint density at radius 2 is 1.59 bits per heavy atom. The molecule has 4 N–H and O–H groups in total. The summed E-state index contributed by atoms with van der Waals surface area (Å²) >= 11 is 3.62. The number of fused-ring (bicyclic) bond motifs is 1. The Morgan fingerprint density at radius 3 is 2.24 bits per heavy atom. The van der Waals surface area contributed by atoms with Crippen LogP contribution in [0.2, 0.25) is 0 Å². The Bertz CT molecular complexity index is 1190. The van der Waals surface area contributed by atoms with E-state index in [4.69, 9.17) is 11.5 Å². The summed E-state index contributed by atoms with van der Waals surface area (Å²) in [5.41, 5.74) is 13.3. The van der Waals surface area contributed by atoms with Crippen molar-refractivity contribution in [2.45, 2.75) is 4.90 Å². The molecule has 10 heteroatoms. The van der Waals surface area contributed by atoms with Crippen molar-refractivity contribution in [1.82, 2.24) is 14.5 Å². The van der Waals surface area contributed by atoms with Crippen molar-refractivity contribution >= 4 is 35.2 Å². The van der Waals surface area contributed by atoms with E-state index >= 15 is 0 Å². The van der Waals surface area contributed by atoms with Crippen LogP contribution in [-0.4, -0.2) is 14.5 Å². The minimum absolute atomic E-state index is 0.0661. The smallest absolute Gasteiger partial charge is 0.194 e. The second-order valence-electron chi connectivity index (χ2n) is 6.04. The van der Waals surface area contributed by atoms with Gasteiger partial charge in [0.25, 0.3) is 0 Å². The molecule has 150 valence electrons. The predicted octanol–water partition coefficient (Wildman–Crippen LogP) is 4.33. The zero-order valence-corrected chi connectivity index (χ0v) is 15.9. The topological polar surface area (TPSA) is 82.8 Å². The Labute approximate surface area is 168 Å². The Kier molecular flexibility index (Phi) is 5.64. The fourth-order valence-electron chi connectivity index (χ4n) is 2.74. The lowest BCUT2D eigenvalue weighted by Gasteiger charge is -2.04. The third kappa shape index (κ3) is 3.97. The number of nitrogen functional groups attached to an aromatic ring is 2. The first-order valence-corrected chi connectivity index (χ1v) is 8.58. The maximum Gasteiger partial charge on any atom is 0.194 e. The van der Waals surface area contributed by atoms with Gasteiger partial charge in [0.05, 0.1) is 11.1 Å². The van der Waals surface area contributed by atoms with Gasteiger partial charge in [0.15, 0.2) is 23.3 Å². The van der Waals surface area contributed by atoms with Crippen molar-refractivity contribution in [3.8, 4) is 11.1 Å². The number of nitrogens with two attached hydrogens (primary N) is 2. The molecule has 0 aliphatic rings. The van der Waals surface area contributed by atoms with Crippen LogP contribution in [0.15, 0.2) is 47.8 Å². The van der Waals surface area contributed by atoms with E-state index in [1.54, 1.807) is 22.9 Å². The molecule has 0 atom stereocenters. The summed E-state index contributed by atoms with van der Waals surface area (Å²) in [7, 11) is 1.82. The van der Waals surface area contributed by atoms with Gasteiger partial charge in [-0.1, -0.05) is 12.1 Å². The van der Waals surface area contributed by atoms with Crippen molar-refractivity contribution in [1.29, 1.82) is 0 Å². The van der Waals surface area contributed by atoms with Crippen LogP contribution in [-0.2, 0) is 7.05 Å². The molecule has 0 spiro atoms. The van der Waals surface area contributed by atoms with Crippen LogP contribution in [0.5, 0.6) is 0 Å². The SMILES string of the molecule is Cn1cc(-c2cccc(N)c2F)c2c(N)ncnc21.Fc1cc(S)cc(F)c1F. The minimum atomic E-state index is -1.46. The van der Waals surface area contributed by atoms with E-state index in [-0.39, 0.29) is 10.6 Å². The average molecular weight is 421 g/mol. The van der Waals surface area contributed by atoms with Crippen LogP contribution in [0.4, 0.5) is 29.1 Å². The molecule has 0 saturated heterocycles. The molecule has 5 nitrogen and oxygen atoms in total. The van der Waals surface area contributed by atoms with Gasteiger partial charge in [-0.2, -0.15) is 0 Å². The molecule has 4 rings (SSSR count). The summed E-state index contributed by atoms with van der Waals surface area (Å²) in [5.74, 6) is -4.03. The average Bonchev–Trinajstić information content (AvgIpc) is 3.00. The van der Waals surface area contributed by atoms with E-state index in [1.807, 2.05) is 7.05 Å². The fourth-order valence-corrected chi connectivity index (χ4v) is 2.97. The van der Waals surface area contributed by atoms with Crippen molar-refractivity contribution in [3.63, 3.8) is 0 Å². The molecule has 0 amide bonds. The normalized spacial score (nSPS) is 10.7. The monoisotopic (exact) mass is 421 g/mol.